The molecule has 0 amide bonds. The molecule has 0 aliphatic rings. The van der Waals surface area contributed by atoms with Crippen molar-refractivity contribution in [3.63, 3.8) is 0 Å². The van der Waals surface area contributed by atoms with Crippen LogP contribution in [0, 0.1) is 10.1 Å². The number of thioether (sulfide) groups is 1. The predicted molar refractivity (Wildman–Crippen MR) is 84.4 cm³/mol. The van der Waals surface area contributed by atoms with Crippen LogP contribution in [0.25, 0.3) is 0 Å². The topological polar surface area (TPSA) is 99.3 Å². The van der Waals surface area contributed by atoms with Gasteiger partial charge in [-0.3, -0.25) is 10.1 Å². The second kappa shape index (κ2) is 6.88. The minimum Gasteiger partial charge on any atom is -0.400 e. The number of nitro groups is 1. The number of hydrogen-bond donors (Lipinski definition) is 0. The summed E-state index contributed by atoms with van der Waals surface area (Å²) in [5, 5.41) is 23.1. The summed E-state index contributed by atoms with van der Waals surface area (Å²) >= 11 is 1.49. The first-order chi connectivity index (χ1) is 11.2. The third kappa shape index (κ3) is 3.83. The standard InChI is InChI=1S/C14H11N5O3S/c20-19(21)13-7-6-12(22-13)8-16-18-10-15-17-14(18)23-9-11-4-2-1-3-5-11/h1-8,10H,9H2/b16-8+. The second-order valence-corrected chi connectivity index (χ2v) is 5.35. The van der Waals surface area contributed by atoms with Crippen LogP contribution in [0.5, 0.6) is 0 Å². The number of benzene rings is 1. The van der Waals surface area contributed by atoms with E-state index in [0.29, 0.717) is 5.16 Å². The van der Waals surface area contributed by atoms with Crippen molar-refractivity contribution in [1.82, 2.24) is 14.9 Å². The monoisotopic (exact) mass is 329 g/mol. The molecule has 0 spiro atoms. The zero-order valence-electron chi connectivity index (χ0n) is 11.8. The van der Waals surface area contributed by atoms with Gasteiger partial charge in [0.05, 0.1) is 12.3 Å². The highest BCUT2D eigenvalue weighted by Gasteiger charge is 2.10. The molecular formula is C14H11N5O3S. The first-order valence-electron chi connectivity index (χ1n) is 6.58. The lowest BCUT2D eigenvalue weighted by molar-refractivity contribution is -0.402. The molecule has 0 radical (unpaired) electrons. The molecule has 3 aromatic rings. The molecule has 0 bridgehead atoms. The van der Waals surface area contributed by atoms with Crippen molar-refractivity contribution in [2.24, 2.45) is 5.10 Å². The van der Waals surface area contributed by atoms with E-state index in [0.717, 1.165) is 11.3 Å². The third-order valence-corrected chi connectivity index (χ3v) is 3.82. The normalized spacial score (nSPS) is 11.1. The molecule has 0 fully saturated rings. The minimum atomic E-state index is -0.600. The lowest BCUT2D eigenvalue weighted by Crippen LogP contribution is -1.92. The molecular weight excluding hydrogens is 318 g/mol. The van der Waals surface area contributed by atoms with Gasteiger partial charge in [0, 0.05) is 5.75 Å². The van der Waals surface area contributed by atoms with Crippen LogP contribution < -0.4 is 0 Å². The molecule has 1 aromatic carbocycles. The largest absolute Gasteiger partial charge is 0.433 e. The second-order valence-electron chi connectivity index (χ2n) is 4.41. The average Bonchev–Trinajstić information content (AvgIpc) is 3.21. The number of furan rings is 1. The van der Waals surface area contributed by atoms with Gasteiger partial charge in [0.15, 0.2) is 5.76 Å². The molecule has 0 saturated carbocycles. The molecule has 0 aliphatic heterocycles. The van der Waals surface area contributed by atoms with Crippen molar-refractivity contribution in [3.8, 4) is 0 Å². The van der Waals surface area contributed by atoms with Crippen molar-refractivity contribution in [2.75, 3.05) is 0 Å². The van der Waals surface area contributed by atoms with Gasteiger partial charge in [0.25, 0.3) is 0 Å². The molecule has 2 aromatic heterocycles. The highest BCUT2D eigenvalue weighted by Crippen LogP contribution is 2.20. The van der Waals surface area contributed by atoms with Gasteiger partial charge in [0.1, 0.15) is 11.3 Å². The summed E-state index contributed by atoms with van der Waals surface area (Å²) in [7, 11) is 0. The molecule has 0 unspecified atom stereocenters. The van der Waals surface area contributed by atoms with Crippen LogP contribution in [0.15, 0.2) is 63.5 Å². The van der Waals surface area contributed by atoms with Crippen LogP contribution in [-0.2, 0) is 5.75 Å². The Hall–Kier alpha value is -2.94. The van der Waals surface area contributed by atoms with E-state index in [1.807, 2.05) is 30.3 Å². The molecule has 0 atom stereocenters. The van der Waals surface area contributed by atoms with Gasteiger partial charge < -0.3 is 4.42 Å². The summed E-state index contributed by atoms with van der Waals surface area (Å²) in [6, 6.07) is 12.7. The zero-order valence-corrected chi connectivity index (χ0v) is 12.6. The molecule has 0 saturated heterocycles. The highest BCUT2D eigenvalue weighted by atomic mass is 32.2. The van der Waals surface area contributed by atoms with Gasteiger partial charge in [-0.1, -0.05) is 42.1 Å². The quantitative estimate of drug-likeness (QED) is 0.298. The Morgan fingerprint density at radius 1 is 1.30 bits per heavy atom. The number of rotatable bonds is 6. The summed E-state index contributed by atoms with van der Waals surface area (Å²) in [5.74, 6) is 0.694. The molecule has 9 heteroatoms. The van der Waals surface area contributed by atoms with Crippen molar-refractivity contribution < 1.29 is 9.34 Å². The summed E-state index contributed by atoms with van der Waals surface area (Å²) in [6.07, 6.45) is 2.84. The third-order valence-electron chi connectivity index (χ3n) is 2.81. The predicted octanol–water partition coefficient (Wildman–Crippen LogP) is 2.95. The van der Waals surface area contributed by atoms with Crippen LogP contribution in [0.3, 0.4) is 0 Å². The van der Waals surface area contributed by atoms with E-state index in [9.17, 15) is 10.1 Å². The number of nitrogens with zero attached hydrogens (tertiary/aromatic N) is 5. The lowest BCUT2D eigenvalue weighted by atomic mass is 10.2. The van der Waals surface area contributed by atoms with Crippen LogP contribution in [0.1, 0.15) is 11.3 Å². The van der Waals surface area contributed by atoms with Crippen molar-refractivity contribution in [1.29, 1.82) is 0 Å². The number of hydrogen-bond acceptors (Lipinski definition) is 7. The molecule has 116 valence electrons. The maximum Gasteiger partial charge on any atom is 0.433 e. The fourth-order valence-electron chi connectivity index (χ4n) is 1.74. The highest BCUT2D eigenvalue weighted by molar-refractivity contribution is 7.98. The van der Waals surface area contributed by atoms with E-state index in [-0.39, 0.29) is 11.6 Å². The van der Waals surface area contributed by atoms with Gasteiger partial charge in [-0.2, -0.15) is 9.78 Å². The van der Waals surface area contributed by atoms with Crippen LogP contribution in [-0.4, -0.2) is 26.0 Å². The van der Waals surface area contributed by atoms with Gasteiger partial charge >= 0.3 is 5.88 Å². The Bertz CT molecular complexity index is 828. The van der Waals surface area contributed by atoms with E-state index in [1.165, 1.54) is 41.1 Å². The molecule has 2 heterocycles. The Kier molecular flexibility index (Phi) is 4.48. The number of aromatic nitrogens is 3. The van der Waals surface area contributed by atoms with E-state index in [4.69, 9.17) is 4.42 Å². The van der Waals surface area contributed by atoms with E-state index in [1.54, 1.807) is 0 Å². The minimum absolute atomic E-state index is 0.282. The van der Waals surface area contributed by atoms with Crippen LogP contribution in [0.2, 0.25) is 0 Å². The fourth-order valence-corrected chi connectivity index (χ4v) is 2.56. The Morgan fingerprint density at radius 2 is 2.13 bits per heavy atom. The molecule has 0 aliphatic carbocycles. The SMILES string of the molecule is O=[N+]([O-])c1ccc(/C=N/n2cnnc2SCc2ccccc2)o1. The van der Waals surface area contributed by atoms with Gasteiger partial charge in [-0.15, -0.1) is 10.2 Å². The summed E-state index contributed by atoms with van der Waals surface area (Å²) < 4.78 is 6.49. The summed E-state index contributed by atoms with van der Waals surface area (Å²) in [4.78, 5) is 9.96. The summed E-state index contributed by atoms with van der Waals surface area (Å²) in [5.41, 5.74) is 1.16. The Balaban J connectivity index is 1.68. The molecule has 0 N–H and O–H groups in total. The van der Waals surface area contributed by atoms with Crippen molar-refractivity contribution in [2.45, 2.75) is 10.9 Å². The zero-order chi connectivity index (χ0) is 16.1. The summed E-state index contributed by atoms with van der Waals surface area (Å²) in [6.45, 7) is 0. The van der Waals surface area contributed by atoms with Crippen LogP contribution in [0.4, 0.5) is 5.88 Å². The molecule has 23 heavy (non-hydrogen) atoms. The first kappa shape index (κ1) is 15.0. The molecule has 3 rings (SSSR count). The average molecular weight is 329 g/mol. The first-order valence-corrected chi connectivity index (χ1v) is 7.56. The smallest absolute Gasteiger partial charge is 0.400 e. The van der Waals surface area contributed by atoms with Gasteiger partial charge in [-0.05, 0) is 11.6 Å². The van der Waals surface area contributed by atoms with E-state index in [2.05, 4.69) is 15.3 Å². The maximum absolute atomic E-state index is 10.6. The van der Waals surface area contributed by atoms with Crippen LogP contribution >= 0.6 is 11.8 Å². The molecule has 8 nitrogen and oxygen atoms in total. The van der Waals surface area contributed by atoms with Crippen molar-refractivity contribution >= 4 is 23.9 Å². The van der Waals surface area contributed by atoms with E-state index < -0.39 is 4.92 Å². The maximum atomic E-state index is 10.6. The fraction of sp³-hybridized carbons (Fsp3) is 0.0714. The van der Waals surface area contributed by atoms with Crippen molar-refractivity contribution in [3.05, 3.63) is 70.2 Å². The van der Waals surface area contributed by atoms with E-state index >= 15 is 0 Å². The van der Waals surface area contributed by atoms with Gasteiger partial charge in [-0.25, -0.2) is 0 Å². The Morgan fingerprint density at radius 3 is 2.87 bits per heavy atom. The van der Waals surface area contributed by atoms with Gasteiger partial charge in [0.2, 0.25) is 5.16 Å². The Labute approximate surface area is 135 Å². The lowest BCUT2D eigenvalue weighted by Gasteiger charge is -2.00.